The van der Waals surface area contributed by atoms with Gasteiger partial charge in [0.2, 0.25) is 5.91 Å². The van der Waals surface area contributed by atoms with Crippen molar-refractivity contribution in [2.45, 2.75) is 13.3 Å². The molecule has 0 aliphatic heterocycles. The number of nitrogens with one attached hydrogen (secondary N) is 1. The van der Waals surface area contributed by atoms with Gasteiger partial charge in [-0.2, -0.15) is 0 Å². The molecule has 2 aromatic heterocycles. The van der Waals surface area contributed by atoms with E-state index in [1.54, 1.807) is 6.20 Å². The molecule has 0 aliphatic rings. The first-order valence-electron chi connectivity index (χ1n) is 5.76. The van der Waals surface area contributed by atoms with Crippen molar-refractivity contribution in [1.29, 1.82) is 0 Å². The summed E-state index contributed by atoms with van der Waals surface area (Å²) in [7, 11) is 1.50. The van der Waals surface area contributed by atoms with Gasteiger partial charge in [0.05, 0.1) is 19.7 Å². The van der Waals surface area contributed by atoms with Crippen LogP contribution in [0, 0.1) is 0 Å². The van der Waals surface area contributed by atoms with Crippen molar-refractivity contribution in [3.63, 3.8) is 0 Å². The Morgan fingerprint density at radius 2 is 2.21 bits per heavy atom. The Morgan fingerprint density at radius 3 is 2.84 bits per heavy atom. The van der Waals surface area contributed by atoms with Crippen LogP contribution in [-0.2, 0) is 11.2 Å². The number of carbonyl (C=O) groups is 1. The highest BCUT2D eigenvalue weighted by molar-refractivity contribution is 5.88. The summed E-state index contributed by atoms with van der Waals surface area (Å²) >= 11 is 0. The van der Waals surface area contributed by atoms with Crippen LogP contribution in [0.1, 0.15) is 18.4 Å². The molecule has 0 unspecified atom stereocenters. The number of methoxy groups -OCH3 is 1. The summed E-state index contributed by atoms with van der Waals surface area (Å²) in [5.41, 5.74) is 0.862. The number of carbonyl (C=O) groups excluding carboxylic acids is 1. The van der Waals surface area contributed by atoms with Gasteiger partial charge in [0, 0.05) is 18.8 Å². The molecule has 0 aromatic carbocycles. The van der Waals surface area contributed by atoms with Crippen molar-refractivity contribution in [1.82, 2.24) is 15.0 Å². The number of aromatic nitrogens is 3. The van der Waals surface area contributed by atoms with Crippen LogP contribution in [-0.4, -0.2) is 28.0 Å². The van der Waals surface area contributed by atoms with E-state index < -0.39 is 0 Å². The lowest BCUT2D eigenvalue weighted by atomic mass is 10.2. The fraction of sp³-hybridized carbons (Fsp3) is 0.231. The third kappa shape index (κ3) is 3.48. The smallest absolute Gasteiger partial charge is 0.222 e. The second kappa shape index (κ2) is 5.90. The Balaban J connectivity index is 2.25. The van der Waals surface area contributed by atoms with E-state index in [1.807, 2.05) is 18.2 Å². The SMILES string of the molecule is COc1cnc(Cc2ccccn2)nc1NC(C)=O. The van der Waals surface area contributed by atoms with E-state index >= 15 is 0 Å². The average Bonchev–Trinajstić information content (AvgIpc) is 2.39. The number of anilines is 1. The van der Waals surface area contributed by atoms with Crippen LogP contribution in [0.5, 0.6) is 5.75 Å². The number of ether oxygens (including phenoxy) is 1. The summed E-state index contributed by atoms with van der Waals surface area (Å²) in [5.74, 6) is 1.17. The van der Waals surface area contributed by atoms with Crippen molar-refractivity contribution in [2.24, 2.45) is 0 Å². The molecule has 0 saturated heterocycles. The number of amides is 1. The Labute approximate surface area is 110 Å². The summed E-state index contributed by atoms with van der Waals surface area (Å²) in [6.45, 7) is 1.42. The fourth-order valence-corrected chi connectivity index (χ4v) is 1.56. The second-order valence-electron chi connectivity index (χ2n) is 3.88. The van der Waals surface area contributed by atoms with E-state index in [4.69, 9.17) is 4.74 Å². The molecule has 6 nitrogen and oxygen atoms in total. The molecule has 6 heteroatoms. The number of hydrogen-bond acceptors (Lipinski definition) is 5. The van der Waals surface area contributed by atoms with Gasteiger partial charge >= 0.3 is 0 Å². The van der Waals surface area contributed by atoms with E-state index in [0.717, 1.165) is 5.69 Å². The first-order valence-corrected chi connectivity index (χ1v) is 5.76. The topological polar surface area (TPSA) is 77.0 Å². The molecule has 2 rings (SSSR count). The largest absolute Gasteiger partial charge is 0.491 e. The molecule has 0 aliphatic carbocycles. The van der Waals surface area contributed by atoms with Crippen LogP contribution < -0.4 is 10.1 Å². The van der Waals surface area contributed by atoms with E-state index in [1.165, 1.54) is 20.2 Å². The lowest BCUT2D eigenvalue weighted by Gasteiger charge is -2.08. The zero-order chi connectivity index (χ0) is 13.7. The molecule has 0 bridgehead atoms. The standard InChI is InChI=1S/C13H14N4O2/c1-9(18)16-13-11(19-2)8-15-12(17-13)7-10-5-3-4-6-14-10/h3-6,8H,7H2,1-2H3,(H,15,16,17,18). The summed E-state index contributed by atoms with van der Waals surface area (Å²) in [5, 5.41) is 2.62. The highest BCUT2D eigenvalue weighted by Gasteiger charge is 2.09. The third-order valence-electron chi connectivity index (χ3n) is 2.38. The maximum absolute atomic E-state index is 11.1. The molecule has 0 saturated carbocycles. The van der Waals surface area contributed by atoms with Crippen LogP contribution >= 0.6 is 0 Å². The van der Waals surface area contributed by atoms with Gasteiger partial charge in [-0.3, -0.25) is 9.78 Å². The quantitative estimate of drug-likeness (QED) is 0.897. The lowest BCUT2D eigenvalue weighted by molar-refractivity contribution is -0.114. The first kappa shape index (κ1) is 12.9. The average molecular weight is 258 g/mol. The van der Waals surface area contributed by atoms with E-state index in [9.17, 15) is 4.79 Å². The minimum absolute atomic E-state index is 0.208. The van der Waals surface area contributed by atoms with Crippen LogP contribution in [0.4, 0.5) is 5.82 Å². The predicted octanol–water partition coefficient (Wildman–Crippen LogP) is 1.43. The zero-order valence-electron chi connectivity index (χ0n) is 10.8. The molecule has 2 heterocycles. The molecule has 2 aromatic rings. The van der Waals surface area contributed by atoms with Crippen LogP contribution in [0.25, 0.3) is 0 Å². The molecule has 1 amide bonds. The van der Waals surface area contributed by atoms with Crippen molar-refractivity contribution in [2.75, 3.05) is 12.4 Å². The normalized spacial score (nSPS) is 10.0. The number of rotatable bonds is 4. The van der Waals surface area contributed by atoms with E-state index in [0.29, 0.717) is 23.8 Å². The van der Waals surface area contributed by atoms with Gasteiger partial charge < -0.3 is 10.1 Å². The summed E-state index contributed by atoms with van der Waals surface area (Å²) < 4.78 is 5.10. The lowest BCUT2D eigenvalue weighted by Crippen LogP contribution is -2.11. The Bertz CT molecular complexity index is 572. The number of nitrogens with zero attached hydrogens (tertiary/aromatic N) is 3. The highest BCUT2D eigenvalue weighted by Crippen LogP contribution is 2.20. The summed E-state index contributed by atoms with van der Waals surface area (Å²) in [6.07, 6.45) is 3.75. The van der Waals surface area contributed by atoms with Gasteiger partial charge in [-0.05, 0) is 12.1 Å². The van der Waals surface area contributed by atoms with Gasteiger partial charge in [-0.25, -0.2) is 9.97 Å². The minimum Gasteiger partial charge on any atom is -0.491 e. The van der Waals surface area contributed by atoms with Gasteiger partial charge in [-0.1, -0.05) is 6.07 Å². The molecule has 0 radical (unpaired) electrons. The van der Waals surface area contributed by atoms with E-state index in [2.05, 4.69) is 20.3 Å². The van der Waals surface area contributed by atoms with Crippen LogP contribution in [0.2, 0.25) is 0 Å². The second-order valence-corrected chi connectivity index (χ2v) is 3.88. The molecule has 0 spiro atoms. The maximum atomic E-state index is 11.1. The van der Waals surface area contributed by atoms with Gasteiger partial charge in [0.15, 0.2) is 11.6 Å². The summed E-state index contributed by atoms with van der Waals surface area (Å²) in [6, 6.07) is 5.65. The van der Waals surface area contributed by atoms with Gasteiger partial charge in [-0.15, -0.1) is 0 Å². The molecule has 19 heavy (non-hydrogen) atoms. The Kier molecular flexibility index (Phi) is 4.02. The zero-order valence-corrected chi connectivity index (χ0v) is 10.8. The molecular weight excluding hydrogens is 244 g/mol. The van der Waals surface area contributed by atoms with Crippen LogP contribution in [0.3, 0.4) is 0 Å². The monoisotopic (exact) mass is 258 g/mol. The van der Waals surface area contributed by atoms with Crippen molar-refractivity contribution < 1.29 is 9.53 Å². The van der Waals surface area contributed by atoms with E-state index in [-0.39, 0.29) is 5.91 Å². The molecule has 1 N–H and O–H groups in total. The first-order chi connectivity index (χ1) is 9.19. The van der Waals surface area contributed by atoms with Crippen molar-refractivity contribution in [3.05, 3.63) is 42.1 Å². The minimum atomic E-state index is -0.208. The maximum Gasteiger partial charge on any atom is 0.222 e. The van der Waals surface area contributed by atoms with Crippen molar-refractivity contribution in [3.8, 4) is 5.75 Å². The Hall–Kier alpha value is -2.50. The third-order valence-corrected chi connectivity index (χ3v) is 2.38. The molecular formula is C13H14N4O2. The molecule has 98 valence electrons. The Morgan fingerprint density at radius 1 is 1.37 bits per heavy atom. The molecule has 0 fully saturated rings. The van der Waals surface area contributed by atoms with Gasteiger partial charge in [0.1, 0.15) is 5.82 Å². The highest BCUT2D eigenvalue weighted by atomic mass is 16.5. The number of pyridine rings is 1. The number of hydrogen-bond donors (Lipinski definition) is 1. The fourth-order valence-electron chi connectivity index (χ4n) is 1.56. The summed E-state index contributed by atoms with van der Waals surface area (Å²) in [4.78, 5) is 23.8. The predicted molar refractivity (Wildman–Crippen MR) is 69.9 cm³/mol. The van der Waals surface area contributed by atoms with Crippen molar-refractivity contribution >= 4 is 11.7 Å². The van der Waals surface area contributed by atoms with Crippen LogP contribution in [0.15, 0.2) is 30.6 Å². The van der Waals surface area contributed by atoms with Gasteiger partial charge in [0.25, 0.3) is 0 Å². The molecule has 0 atom stereocenters.